The van der Waals surface area contributed by atoms with Gasteiger partial charge in [0.25, 0.3) is 5.91 Å². The molecule has 0 unspecified atom stereocenters. The minimum atomic E-state index is -0.356. The molecule has 1 heterocycles. The van der Waals surface area contributed by atoms with E-state index in [1.165, 1.54) is 6.08 Å². The lowest BCUT2D eigenvalue weighted by atomic mass is 9.94. The van der Waals surface area contributed by atoms with E-state index < -0.39 is 0 Å². The molecule has 0 saturated carbocycles. The third-order valence-corrected chi connectivity index (χ3v) is 3.62. The van der Waals surface area contributed by atoms with Gasteiger partial charge in [0.05, 0.1) is 6.42 Å². The molecule has 0 atom stereocenters. The Labute approximate surface area is 133 Å². The molecule has 0 spiro atoms. The van der Waals surface area contributed by atoms with Gasteiger partial charge in [-0.05, 0) is 47.0 Å². The van der Waals surface area contributed by atoms with Crippen LogP contribution in [0.5, 0.6) is 0 Å². The van der Waals surface area contributed by atoms with Crippen molar-refractivity contribution in [2.24, 2.45) is 0 Å². The SMILES string of the molecule is C=CC(=O)Nc1ccc(-c2ccc3c(c2)CC(=O)NC3=O)cc1. The molecule has 1 aliphatic rings. The molecule has 1 aliphatic heterocycles. The van der Waals surface area contributed by atoms with Crippen LogP contribution in [-0.4, -0.2) is 17.7 Å². The third kappa shape index (κ3) is 3.03. The number of anilines is 1. The van der Waals surface area contributed by atoms with Crippen molar-refractivity contribution < 1.29 is 14.4 Å². The largest absolute Gasteiger partial charge is 0.323 e. The van der Waals surface area contributed by atoms with Crippen LogP contribution in [0.25, 0.3) is 11.1 Å². The van der Waals surface area contributed by atoms with Gasteiger partial charge in [0.2, 0.25) is 11.8 Å². The maximum absolute atomic E-state index is 11.7. The average molecular weight is 306 g/mol. The van der Waals surface area contributed by atoms with E-state index in [9.17, 15) is 14.4 Å². The Morgan fingerprint density at radius 3 is 2.48 bits per heavy atom. The number of rotatable bonds is 3. The predicted octanol–water partition coefficient (Wildman–Crippen LogP) is 2.29. The van der Waals surface area contributed by atoms with Crippen molar-refractivity contribution in [3.8, 4) is 11.1 Å². The summed E-state index contributed by atoms with van der Waals surface area (Å²) >= 11 is 0. The molecule has 0 aromatic heterocycles. The topological polar surface area (TPSA) is 75.3 Å². The van der Waals surface area contributed by atoms with E-state index in [-0.39, 0.29) is 24.1 Å². The van der Waals surface area contributed by atoms with Crippen LogP contribution in [0.2, 0.25) is 0 Å². The number of imide groups is 1. The second kappa shape index (κ2) is 5.88. The zero-order valence-corrected chi connectivity index (χ0v) is 12.3. The van der Waals surface area contributed by atoms with Crippen LogP contribution in [0.1, 0.15) is 15.9 Å². The van der Waals surface area contributed by atoms with E-state index >= 15 is 0 Å². The number of fused-ring (bicyclic) bond motifs is 1. The summed E-state index contributed by atoms with van der Waals surface area (Å²) < 4.78 is 0. The number of nitrogens with one attached hydrogen (secondary N) is 2. The minimum Gasteiger partial charge on any atom is -0.323 e. The highest BCUT2D eigenvalue weighted by Gasteiger charge is 2.22. The third-order valence-electron chi connectivity index (χ3n) is 3.62. The van der Waals surface area contributed by atoms with Gasteiger partial charge in [-0.2, -0.15) is 0 Å². The van der Waals surface area contributed by atoms with Gasteiger partial charge >= 0.3 is 0 Å². The van der Waals surface area contributed by atoms with Gasteiger partial charge in [0, 0.05) is 11.3 Å². The van der Waals surface area contributed by atoms with E-state index in [0.717, 1.165) is 16.7 Å². The molecule has 3 amide bonds. The summed E-state index contributed by atoms with van der Waals surface area (Å²) in [5.41, 5.74) is 3.77. The summed E-state index contributed by atoms with van der Waals surface area (Å²) in [6, 6.07) is 12.7. The van der Waals surface area contributed by atoms with Crippen LogP contribution in [-0.2, 0) is 16.0 Å². The molecule has 0 saturated heterocycles. The Morgan fingerprint density at radius 2 is 1.78 bits per heavy atom. The van der Waals surface area contributed by atoms with Crippen molar-refractivity contribution in [1.29, 1.82) is 0 Å². The summed E-state index contributed by atoms with van der Waals surface area (Å²) in [6.07, 6.45) is 1.40. The molecule has 2 N–H and O–H groups in total. The van der Waals surface area contributed by atoms with E-state index in [2.05, 4.69) is 17.2 Å². The predicted molar refractivity (Wildman–Crippen MR) is 86.9 cm³/mol. The highest BCUT2D eigenvalue weighted by atomic mass is 16.2. The summed E-state index contributed by atoms with van der Waals surface area (Å²) in [4.78, 5) is 34.5. The first-order valence-electron chi connectivity index (χ1n) is 7.08. The van der Waals surface area contributed by atoms with E-state index in [4.69, 9.17) is 0 Å². The van der Waals surface area contributed by atoms with Gasteiger partial charge in [0.15, 0.2) is 0 Å². The van der Waals surface area contributed by atoms with Crippen LogP contribution in [0.3, 0.4) is 0 Å². The van der Waals surface area contributed by atoms with E-state index in [1.54, 1.807) is 18.2 Å². The quantitative estimate of drug-likeness (QED) is 0.675. The summed E-state index contributed by atoms with van der Waals surface area (Å²) in [5, 5.41) is 4.98. The molecule has 0 radical (unpaired) electrons. The maximum atomic E-state index is 11.7. The van der Waals surface area contributed by atoms with Gasteiger partial charge in [-0.25, -0.2) is 0 Å². The molecule has 3 rings (SSSR count). The summed E-state index contributed by atoms with van der Waals surface area (Å²) in [7, 11) is 0. The molecular weight excluding hydrogens is 292 g/mol. The Kier molecular flexibility index (Phi) is 3.76. The van der Waals surface area contributed by atoms with Crippen LogP contribution >= 0.6 is 0 Å². The highest BCUT2D eigenvalue weighted by Crippen LogP contribution is 2.25. The lowest BCUT2D eigenvalue weighted by Crippen LogP contribution is -2.37. The first-order valence-corrected chi connectivity index (χ1v) is 7.08. The van der Waals surface area contributed by atoms with Gasteiger partial charge < -0.3 is 5.32 Å². The van der Waals surface area contributed by atoms with Gasteiger partial charge in [-0.15, -0.1) is 0 Å². The lowest BCUT2D eigenvalue weighted by Gasteiger charge is -2.16. The second-order valence-electron chi connectivity index (χ2n) is 5.20. The monoisotopic (exact) mass is 306 g/mol. The number of hydrogen-bond donors (Lipinski definition) is 2. The fourth-order valence-corrected chi connectivity index (χ4v) is 2.49. The van der Waals surface area contributed by atoms with Gasteiger partial charge in [-0.3, -0.25) is 19.7 Å². The minimum absolute atomic E-state index is 0.197. The summed E-state index contributed by atoms with van der Waals surface area (Å²) in [5.74, 6) is -0.913. The van der Waals surface area contributed by atoms with Crippen LogP contribution in [0.15, 0.2) is 55.1 Å². The van der Waals surface area contributed by atoms with Crippen LogP contribution in [0.4, 0.5) is 5.69 Å². The van der Waals surface area contributed by atoms with E-state index in [1.807, 2.05) is 24.3 Å². The first-order chi connectivity index (χ1) is 11.1. The number of hydrogen-bond acceptors (Lipinski definition) is 3. The first kappa shape index (κ1) is 14.7. The van der Waals surface area contributed by atoms with Gasteiger partial charge in [0.1, 0.15) is 0 Å². The molecule has 2 aromatic carbocycles. The van der Waals surface area contributed by atoms with Crippen molar-refractivity contribution in [2.75, 3.05) is 5.32 Å². The number of benzene rings is 2. The molecule has 5 nitrogen and oxygen atoms in total. The van der Waals surface area contributed by atoms with Crippen LogP contribution in [0, 0.1) is 0 Å². The maximum Gasteiger partial charge on any atom is 0.258 e. The van der Waals surface area contributed by atoms with Crippen LogP contribution < -0.4 is 10.6 Å². The molecule has 0 bridgehead atoms. The van der Waals surface area contributed by atoms with Crippen molar-refractivity contribution in [3.05, 3.63) is 66.2 Å². The number of amides is 3. The molecular formula is C18H14N2O3. The smallest absolute Gasteiger partial charge is 0.258 e. The fraction of sp³-hybridized carbons (Fsp3) is 0.0556. The summed E-state index contributed by atoms with van der Waals surface area (Å²) in [6.45, 7) is 3.40. The molecule has 23 heavy (non-hydrogen) atoms. The Bertz CT molecular complexity index is 823. The standard InChI is InChI=1S/C18H14N2O3/c1-2-16(21)19-14-6-3-11(4-7-14)12-5-8-15-13(9-12)10-17(22)20-18(15)23/h2-9H,1,10H2,(H,19,21)(H,20,22,23). The molecule has 2 aromatic rings. The Morgan fingerprint density at radius 1 is 1.09 bits per heavy atom. The zero-order valence-electron chi connectivity index (χ0n) is 12.3. The van der Waals surface area contributed by atoms with Crippen molar-refractivity contribution >= 4 is 23.4 Å². The lowest BCUT2D eigenvalue weighted by molar-refractivity contribution is -0.119. The van der Waals surface area contributed by atoms with Crippen molar-refractivity contribution in [1.82, 2.24) is 5.32 Å². The Hall–Kier alpha value is -3.21. The fourth-order valence-electron chi connectivity index (χ4n) is 2.49. The van der Waals surface area contributed by atoms with Gasteiger partial charge in [-0.1, -0.05) is 24.8 Å². The Balaban J connectivity index is 1.89. The second-order valence-corrected chi connectivity index (χ2v) is 5.20. The molecule has 114 valence electrons. The van der Waals surface area contributed by atoms with E-state index in [0.29, 0.717) is 11.3 Å². The number of carbonyl (C=O) groups is 3. The number of carbonyl (C=O) groups excluding carboxylic acids is 3. The molecule has 0 fully saturated rings. The highest BCUT2D eigenvalue weighted by molar-refractivity contribution is 6.10. The molecule has 5 heteroatoms. The van der Waals surface area contributed by atoms with Crippen molar-refractivity contribution in [3.63, 3.8) is 0 Å². The zero-order chi connectivity index (χ0) is 16.4. The normalized spacial score (nSPS) is 13.0. The van der Waals surface area contributed by atoms with Crippen molar-refractivity contribution in [2.45, 2.75) is 6.42 Å². The average Bonchev–Trinajstić information content (AvgIpc) is 2.54. The molecule has 0 aliphatic carbocycles.